The SMILES string of the molecule is CCCN(C)CC(C)(CCC)C(C)NC(=O)c1cc(CC)on1. The van der Waals surface area contributed by atoms with Gasteiger partial charge in [-0.15, -0.1) is 0 Å². The average molecular weight is 323 g/mol. The minimum absolute atomic E-state index is 0.0334. The second-order valence-corrected chi connectivity index (χ2v) is 6.87. The molecular formula is C18H33N3O2. The monoisotopic (exact) mass is 323 g/mol. The molecule has 0 aliphatic heterocycles. The van der Waals surface area contributed by atoms with Gasteiger partial charge in [-0.25, -0.2) is 0 Å². The largest absolute Gasteiger partial charge is 0.361 e. The third-order valence-corrected chi connectivity index (χ3v) is 4.59. The van der Waals surface area contributed by atoms with Crippen molar-refractivity contribution in [1.82, 2.24) is 15.4 Å². The average Bonchev–Trinajstić information content (AvgIpc) is 2.96. The molecule has 5 nitrogen and oxygen atoms in total. The van der Waals surface area contributed by atoms with Gasteiger partial charge in [0.15, 0.2) is 5.69 Å². The van der Waals surface area contributed by atoms with Gasteiger partial charge in [-0.2, -0.15) is 0 Å². The molecular weight excluding hydrogens is 290 g/mol. The van der Waals surface area contributed by atoms with Crippen LogP contribution in [0.15, 0.2) is 10.6 Å². The fourth-order valence-electron chi connectivity index (χ4n) is 3.11. The van der Waals surface area contributed by atoms with E-state index in [1.54, 1.807) is 6.07 Å². The summed E-state index contributed by atoms with van der Waals surface area (Å²) in [5, 5.41) is 6.98. The summed E-state index contributed by atoms with van der Waals surface area (Å²) in [5.74, 6) is 0.586. The van der Waals surface area contributed by atoms with Crippen molar-refractivity contribution >= 4 is 5.91 Å². The quantitative estimate of drug-likeness (QED) is 0.716. The number of aryl methyl sites for hydroxylation is 1. The Labute approximate surface area is 140 Å². The maximum Gasteiger partial charge on any atom is 0.273 e. The first-order chi connectivity index (χ1) is 10.9. The van der Waals surface area contributed by atoms with Crippen LogP contribution in [0.5, 0.6) is 0 Å². The predicted octanol–water partition coefficient (Wildman–Crippen LogP) is 3.50. The third-order valence-electron chi connectivity index (χ3n) is 4.59. The topological polar surface area (TPSA) is 58.4 Å². The van der Waals surface area contributed by atoms with Crippen LogP contribution in [-0.2, 0) is 6.42 Å². The Hall–Kier alpha value is -1.36. The van der Waals surface area contributed by atoms with Crippen molar-refractivity contribution in [3.8, 4) is 0 Å². The summed E-state index contributed by atoms with van der Waals surface area (Å²) in [7, 11) is 2.15. The zero-order valence-electron chi connectivity index (χ0n) is 15.6. The van der Waals surface area contributed by atoms with Gasteiger partial charge < -0.3 is 14.7 Å². The predicted molar refractivity (Wildman–Crippen MR) is 93.6 cm³/mol. The molecule has 0 aliphatic rings. The zero-order chi connectivity index (χ0) is 17.5. The maximum absolute atomic E-state index is 12.4. The number of hydrogen-bond donors (Lipinski definition) is 1. The van der Waals surface area contributed by atoms with Crippen molar-refractivity contribution < 1.29 is 9.32 Å². The lowest BCUT2D eigenvalue weighted by Crippen LogP contribution is -2.49. The van der Waals surface area contributed by atoms with E-state index in [-0.39, 0.29) is 17.4 Å². The minimum atomic E-state index is -0.151. The van der Waals surface area contributed by atoms with Crippen LogP contribution in [0.3, 0.4) is 0 Å². The van der Waals surface area contributed by atoms with Gasteiger partial charge in [0, 0.05) is 30.5 Å². The first-order valence-corrected chi connectivity index (χ1v) is 8.81. The van der Waals surface area contributed by atoms with Gasteiger partial charge in [-0.3, -0.25) is 4.79 Å². The van der Waals surface area contributed by atoms with Gasteiger partial charge in [0.1, 0.15) is 5.76 Å². The molecule has 5 heteroatoms. The zero-order valence-corrected chi connectivity index (χ0v) is 15.6. The van der Waals surface area contributed by atoms with Crippen LogP contribution in [0, 0.1) is 5.41 Å². The van der Waals surface area contributed by atoms with Crippen molar-refractivity contribution in [3.63, 3.8) is 0 Å². The van der Waals surface area contributed by atoms with Gasteiger partial charge in [0.05, 0.1) is 0 Å². The molecule has 2 atom stereocenters. The molecule has 0 spiro atoms. The molecule has 0 saturated carbocycles. The van der Waals surface area contributed by atoms with Crippen molar-refractivity contribution in [1.29, 1.82) is 0 Å². The van der Waals surface area contributed by atoms with Gasteiger partial charge in [0.25, 0.3) is 5.91 Å². The molecule has 1 aromatic heterocycles. The second-order valence-electron chi connectivity index (χ2n) is 6.87. The number of nitrogens with zero attached hydrogens (tertiary/aromatic N) is 2. The molecule has 0 fully saturated rings. The van der Waals surface area contributed by atoms with E-state index in [1.165, 1.54) is 0 Å². The summed E-state index contributed by atoms with van der Waals surface area (Å²) in [4.78, 5) is 14.8. The molecule has 1 N–H and O–H groups in total. The van der Waals surface area contributed by atoms with Gasteiger partial charge in [0.2, 0.25) is 0 Å². The second kappa shape index (κ2) is 9.06. The first kappa shape index (κ1) is 19.7. The van der Waals surface area contributed by atoms with Gasteiger partial charge >= 0.3 is 0 Å². The summed E-state index contributed by atoms with van der Waals surface area (Å²) in [6.45, 7) is 12.7. The number of amides is 1. The summed E-state index contributed by atoms with van der Waals surface area (Å²) in [6.07, 6.45) is 4.05. The van der Waals surface area contributed by atoms with E-state index in [0.29, 0.717) is 5.69 Å². The molecule has 1 amide bonds. The van der Waals surface area contributed by atoms with Crippen molar-refractivity contribution in [2.24, 2.45) is 5.41 Å². The fourth-order valence-corrected chi connectivity index (χ4v) is 3.11. The Kier molecular flexibility index (Phi) is 7.76. The molecule has 132 valence electrons. The van der Waals surface area contributed by atoms with Gasteiger partial charge in [-0.1, -0.05) is 39.3 Å². The van der Waals surface area contributed by atoms with Crippen LogP contribution >= 0.6 is 0 Å². The molecule has 0 radical (unpaired) electrons. The van der Waals surface area contributed by atoms with Crippen LogP contribution in [0.4, 0.5) is 0 Å². The highest BCUT2D eigenvalue weighted by atomic mass is 16.5. The molecule has 1 aromatic rings. The van der Waals surface area contributed by atoms with E-state index in [0.717, 1.165) is 44.5 Å². The van der Waals surface area contributed by atoms with Crippen molar-refractivity contribution in [2.75, 3.05) is 20.1 Å². The molecule has 23 heavy (non-hydrogen) atoms. The number of aromatic nitrogens is 1. The van der Waals surface area contributed by atoms with Crippen LogP contribution in [0.1, 0.15) is 70.1 Å². The van der Waals surface area contributed by atoms with E-state index < -0.39 is 0 Å². The Balaban J connectivity index is 2.75. The normalized spacial score (nSPS) is 15.4. The lowest BCUT2D eigenvalue weighted by molar-refractivity contribution is 0.0833. The van der Waals surface area contributed by atoms with E-state index in [9.17, 15) is 4.79 Å². The highest BCUT2D eigenvalue weighted by Gasteiger charge is 2.33. The van der Waals surface area contributed by atoms with Crippen LogP contribution < -0.4 is 5.32 Å². The highest BCUT2D eigenvalue weighted by molar-refractivity contribution is 5.92. The molecule has 0 aliphatic carbocycles. The first-order valence-electron chi connectivity index (χ1n) is 8.81. The highest BCUT2D eigenvalue weighted by Crippen LogP contribution is 2.29. The standard InChI is InChI=1S/C18H33N3O2/c1-7-10-18(5,13-21(6)11-8-2)14(4)19-17(22)16-12-15(9-3)23-20-16/h12,14H,7-11,13H2,1-6H3,(H,19,22). The van der Waals surface area contributed by atoms with Crippen LogP contribution in [0.25, 0.3) is 0 Å². The van der Waals surface area contributed by atoms with Crippen molar-refractivity contribution in [3.05, 3.63) is 17.5 Å². The summed E-state index contributed by atoms with van der Waals surface area (Å²) in [5.41, 5.74) is 0.403. The maximum atomic E-state index is 12.4. The van der Waals surface area contributed by atoms with Crippen LogP contribution in [0.2, 0.25) is 0 Å². The van der Waals surface area contributed by atoms with E-state index >= 15 is 0 Å². The minimum Gasteiger partial charge on any atom is -0.361 e. The molecule has 1 heterocycles. The number of rotatable bonds is 10. The Morgan fingerprint density at radius 1 is 1.39 bits per heavy atom. The smallest absolute Gasteiger partial charge is 0.273 e. The fraction of sp³-hybridized carbons (Fsp3) is 0.778. The molecule has 1 rings (SSSR count). The lowest BCUT2D eigenvalue weighted by Gasteiger charge is -2.39. The molecule has 0 saturated heterocycles. The van der Waals surface area contributed by atoms with Gasteiger partial charge in [-0.05, 0) is 33.4 Å². The summed E-state index contributed by atoms with van der Waals surface area (Å²) in [6, 6.07) is 1.79. The number of carbonyl (C=O) groups excluding carboxylic acids is 1. The Morgan fingerprint density at radius 3 is 2.61 bits per heavy atom. The summed E-state index contributed by atoms with van der Waals surface area (Å²) < 4.78 is 5.13. The number of carbonyl (C=O) groups is 1. The Morgan fingerprint density at radius 2 is 2.09 bits per heavy atom. The third kappa shape index (κ3) is 5.65. The lowest BCUT2D eigenvalue weighted by atomic mass is 9.78. The van der Waals surface area contributed by atoms with E-state index in [1.807, 2.05) is 6.92 Å². The van der Waals surface area contributed by atoms with Crippen molar-refractivity contribution in [2.45, 2.75) is 66.3 Å². The molecule has 0 aromatic carbocycles. The number of nitrogens with one attached hydrogen (secondary N) is 1. The van der Waals surface area contributed by atoms with E-state index in [2.05, 4.69) is 50.1 Å². The summed E-state index contributed by atoms with van der Waals surface area (Å²) >= 11 is 0. The Bertz CT molecular complexity index is 486. The molecule has 0 bridgehead atoms. The van der Waals surface area contributed by atoms with Crippen LogP contribution in [-0.4, -0.2) is 42.1 Å². The molecule has 2 unspecified atom stereocenters. The number of hydrogen-bond acceptors (Lipinski definition) is 4. The van der Waals surface area contributed by atoms with E-state index in [4.69, 9.17) is 4.52 Å².